The van der Waals surface area contributed by atoms with Gasteiger partial charge in [0, 0.05) is 24.9 Å². The van der Waals surface area contributed by atoms with Crippen LogP contribution in [0.15, 0.2) is 0 Å². The highest BCUT2D eigenvalue weighted by molar-refractivity contribution is 5.00. The number of fused-ring (bicyclic) bond motifs is 1. The van der Waals surface area contributed by atoms with Crippen molar-refractivity contribution in [3.05, 3.63) is 6.42 Å². The molecule has 0 aromatic rings. The maximum Gasteiger partial charge on any atom is 0.151 e. The SMILES string of the molecule is CC1(C)CC[CH+]C2CCCCN21.[O-][Cl+3]([O-])([O-])[O-]. The fraction of sp³-hybridized carbons (Fsp3) is 0.909. The van der Waals surface area contributed by atoms with Crippen LogP contribution in [0.4, 0.5) is 0 Å². The highest BCUT2D eigenvalue weighted by atomic mass is 35.7. The lowest BCUT2D eigenvalue weighted by Gasteiger charge is -2.45. The maximum absolute atomic E-state index is 8.49. The number of halogens is 1. The first-order chi connectivity index (χ1) is 7.70. The van der Waals surface area contributed by atoms with Gasteiger partial charge in [0.2, 0.25) is 0 Å². The van der Waals surface area contributed by atoms with Crippen molar-refractivity contribution >= 4 is 0 Å². The van der Waals surface area contributed by atoms with Crippen molar-refractivity contribution in [3.63, 3.8) is 0 Å². The van der Waals surface area contributed by atoms with Gasteiger partial charge < -0.3 is 0 Å². The molecular formula is C11H20ClNO4. The molecule has 0 radical (unpaired) electrons. The van der Waals surface area contributed by atoms with E-state index in [0.717, 1.165) is 6.04 Å². The van der Waals surface area contributed by atoms with Crippen LogP contribution in [0.5, 0.6) is 0 Å². The topological polar surface area (TPSA) is 95.5 Å². The fourth-order valence-electron chi connectivity index (χ4n) is 2.73. The highest BCUT2D eigenvalue weighted by Gasteiger charge is 2.42. The summed E-state index contributed by atoms with van der Waals surface area (Å²) in [6.45, 7) is 6.13. The number of hydrogen-bond acceptors (Lipinski definition) is 5. The third-order valence-electron chi connectivity index (χ3n) is 3.52. The Labute approximate surface area is 105 Å². The van der Waals surface area contributed by atoms with Gasteiger partial charge in [-0.05, 0) is 26.7 Å². The fourth-order valence-corrected chi connectivity index (χ4v) is 2.73. The zero-order valence-corrected chi connectivity index (χ0v) is 11.1. The van der Waals surface area contributed by atoms with Crippen molar-refractivity contribution in [2.24, 2.45) is 0 Å². The molecule has 2 aliphatic heterocycles. The lowest BCUT2D eigenvalue weighted by Crippen LogP contribution is -2.68. The summed E-state index contributed by atoms with van der Waals surface area (Å²) in [5, 5.41) is 0. The largest absolute Gasteiger partial charge is 0.257 e. The van der Waals surface area contributed by atoms with Crippen LogP contribution in [-0.4, -0.2) is 23.0 Å². The summed E-state index contributed by atoms with van der Waals surface area (Å²) < 4.78 is 34.0. The Morgan fingerprint density at radius 2 is 1.76 bits per heavy atom. The molecule has 0 saturated carbocycles. The van der Waals surface area contributed by atoms with Gasteiger partial charge in [-0.25, -0.2) is 18.6 Å². The Balaban J connectivity index is 0.000000249. The summed E-state index contributed by atoms with van der Waals surface area (Å²) in [6, 6.07) is 0.808. The van der Waals surface area contributed by atoms with Crippen LogP contribution in [0.1, 0.15) is 46.0 Å². The van der Waals surface area contributed by atoms with Gasteiger partial charge >= 0.3 is 0 Å². The van der Waals surface area contributed by atoms with E-state index in [2.05, 4.69) is 25.2 Å². The number of nitrogens with zero attached hydrogens (tertiary/aromatic N) is 1. The summed E-state index contributed by atoms with van der Waals surface area (Å²) in [6.07, 6.45) is 9.47. The van der Waals surface area contributed by atoms with Crippen LogP contribution in [0, 0.1) is 16.7 Å². The minimum Gasteiger partial charge on any atom is -0.257 e. The van der Waals surface area contributed by atoms with E-state index in [1.54, 1.807) is 0 Å². The second-order valence-electron chi connectivity index (χ2n) is 5.22. The quantitative estimate of drug-likeness (QED) is 0.466. The van der Waals surface area contributed by atoms with Crippen molar-refractivity contribution in [3.8, 4) is 0 Å². The van der Waals surface area contributed by atoms with Gasteiger partial charge in [0.25, 0.3) is 0 Å². The molecule has 2 rings (SSSR count). The Morgan fingerprint density at radius 1 is 1.18 bits per heavy atom. The number of hydrogen-bond donors (Lipinski definition) is 0. The Morgan fingerprint density at radius 3 is 2.29 bits per heavy atom. The predicted molar refractivity (Wildman–Crippen MR) is 52.0 cm³/mol. The molecule has 0 spiro atoms. The van der Waals surface area contributed by atoms with Gasteiger partial charge in [-0.1, -0.05) is 0 Å². The second-order valence-corrected chi connectivity index (χ2v) is 5.98. The zero-order valence-electron chi connectivity index (χ0n) is 10.4. The third kappa shape index (κ3) is 5.42. The molecule has 17 heavy (non-hydrogen) atoms. The Kier molecular flexibility index (Phi) is 5.07. The van der Waals surface area contributed by atoms with Crippen LogP contribution in [0.25, 0.3) is 0 Å². The van der Waals surface area contributed by atoms with Gasteiger partial charge in [0.15, 0.2) is 6.04 Å². The number of rotatable bonds is 0. The minimum atomic E-state index is -4.94. The van der Waals surface area contributed by atoms with Gasteiger partial charge in [0.1, 0.15) is 0 Å². The number of piperidine rings is 2. The molecule has 2 heterocycles. The summed E-state index contributed by atoms with van der Waals surface area (Å²) >= 11 is 0. The maximum atomic E-state index is 8.49. The summed E-state index contributed by atoms with van der Waals surface area (Å²) in [4.78, 5) is 2.71. The van der Waals surface area contributed by atoms with Crippen molar-refractivity contribution in [1.29, 1.82) is 0 Å². The summed E-state index contributed by atoms with van der Waals surface area (Å²) in [5.74, 6) is 0. The molecule has 1 unspecified atom stereocenters. The van der Waals surface area contributed by atoms with Crippen molar-refractivity contribution in [2.75, 3.05) is 6.54 Å². The Hall–Kier alpha value is -0.0400. The van der Waals surface area contributed by atoms with E-state index in [1.165, 1.54) is 38.6 Å². The van der Waals surface area contributed by atoms with E-state index in [-0.39, 0.29) is 0 Å². The predicted octanol–water partition coefficient (Wildman–Crippen LogP) is -2.14. The van der Waals surface area contributed by atoms with E-state index >= 15 is 0 Å². The minimum absolute atomic E-state index is 0.472. The molecule has 0 bridgehead atoms. The monoisotopic (exact) mass is 265 g/mol. The third-order valence-corrected chi connectivity index (χ3v) is 3.52. The smallest absolute Gasteiger partial charge is 0.151 e. The molecule has 0 aliphatic carbocycles. The molecule has 0 amide bonds. The lowest BCUT2D eigenvalue weighted by atomic mass is 9.82. The van der Waals surface area contributed by atoms with Gasteiger partial charge in [-0.3, -0.25) is 4.90 Å². The zero-order chi connectivity index (χ0) is 13.1. The molecule has 0 N–H and O–H groups in total. The van der Waals surface area contributed by atoms with Crippen LogP contribution in [-0.2, 0) is 0 Å². The standard InChI is InChI=1S/C11H20N.ClHO4/c1-11(2)8-5-7-10-6-3-4-9-12(10)11;2-1(3,4)5/h7,10H,3-6,8-9H2,1-2H3;(H,2,3,4,5)/q+1;/p-1. The Bertz CT molecular complexity index is 234. The normalized spacial score (nSPS) is 28.5. The van der Waals surface area contributed by atoms with Crippen LogP contribution in [0.2, 0.25) is 0 Å². The van der Waals surface area contributed by atoms with Crippen LogP contribution >= 0.6 is 0 Å². The molecule has 0 aromatic heterocycles. The van der Waals surface area contributed by atoms with Gasteiger partial charge in [-0.2, -0.15) is 0 Å². The average Bonchev–Trinajstić information content (AvgIpc) is 2.15. The average molecular weight is 266 g/mol. The molecule has 1 atom stereocenters. The molecule has 0 aromatic carbocycles. The van der Waals surface area contributed by atoms with E-state index in [0.29, 0.717) is 5.54 Å². The highest BCUT2D eigenvalue weighted by Crippen LogP contribution is 2.35. The second kappa shape index (κ2) is 5.73. The lowest BCUT2D eigenvalue weighted by molar-refractivity contribution is -2.00. The molecule has 2 fully saturated rings. The van der Waals surface area contributed by atoms with E-state index < -0.39 is 10.2 Å². The molecule has 2 aliphatic rings. The van der Waals surface area contributed by atoms with Crippen molar-refractivity contribution in [1.82, 2.24) is 4.90 Å². The van der Waals surface area contributed by atoms with E-state index in [4.69, 9.17) is 18.6 Å². The van der Waals surface area contributed by atoms with Crippen molar-refractivity contribution in [2.45, 2.75) is 57.5 Å². The van der Waals surface area contributed by atoms with Gasteiger partial charge in [-0.15, -0.1) is 10.2 Å². The van der Waals surface area contributed by atoms with Crippen LogP contribution < -0.4 is 18.6 Å². The summed E-state index contributed by atoms with van der Waals surface area (Å²) in [5.41, 5.74) is 0.472. The molecular weight excluding hydrogens is 246 g/mol. The van der Waals surface area contributed by atoms with Crippen LogP contribution in [0.3, 0.4) is 0 Å². The van der Waals surface area contributed by atoms with Gasteiger partial charge in [0.05, 0.1) is 12.8 Å². The van der Waals surface area contributed by atoms with E-state index in [9.17, 15) is 0 Å². The first-order valence-electron chi connectivity index (χ1n) is 5.92. The molecule has 5 nitrogen and oxygen atoms in total. The summed E-state index contributed by atoms with van der Waals surface area (Å²) in [7, 11) is -4.94. The van der Waals surface area contributed by atoms with E-state index in [1.807, 2.05) is 0 Å². The van der Waals surface area contributed by atoms with Crippen molar-refractivity contribution < 1.29 is 28.9 Å². The molecule has 6 heteroatoms. The first kappa shape index (κ1) is 15.0. The first-order valence-corrected chi connectivity index (χ1v) is 7.15. The molecule has 2 saturated heterocycles. The molecule has 100 valence electrons.